The lowest BCUT2D eigenvalue weighted by atomic mass is 10.1. The summed E-state index contributed by atoms with van der Waals surface area (Å²) in [5.74, 6) is 0.734. The van der Waals surface area contributed by atoms with E-state index >= 15 is 0 Å². The first-order valence-electron chi connectivity index (χ1n) is 7.56. The van der Waals surface area contributed by atoms with Crippen molar-refractivity contribution in [2.75, 3.05) is 23.4 Å². The van der Waals surface area contributed by atoms with Gasteiger partial charge in [0, 0.05) is 25.0 Å². The fourth-order valence-corrected chi connectivity index (χ4v) is 4.04. The highest BCUT2D eigenvalue weighted by Crippen LogP contribution is 2.17. The van der Waals surface area contributed by atoms with Gasteiger partial charge in [0.25, 0.3) is 5.91 Å². The van der Waals surface area contributed by atoms with E-state index in [4.69, 9.17) is 0 Å². The van der Waals surface area contributed by atoms with E-state index in [1.807, 2.05) is 0 Å². The SMILES string of the molecule is CC(C)CCNC(=O)c1cncc(NC2CCS(=O)(=O)C2)c1. The molecule has 0 bridgehead atoms. The molecule has 1 saturated heterocycles. The number of nitrogens with zero attached hydrogens (tertiary/aromatic N) is 1. The third kappa shape index (κ3) is 4.98. The number of carbonyl (C=O) groups is 1. The number of hydrogen-bond acceptors (Lipinski definition) is 5. The van der Waals surface area contributed by atoms with Crippen molar-refractivity contribution in [3.8, 4) is 0 Å². The summed E-state index contributed by atoms with van der Waals surface area (Å²) in [7, 11) is -2.92. The van der Waals surface area contributed by atoms with Crippen molar-refractivity contribution in [3.05, 3.63) is 24.0 Å². The van der Waals surface area contributed by atoms with Gasteiger partial charge in [-0.1, -0.05) is 13.8 Å². The summed E-state index contributed by atoms with van der Waals surface area (Å²) in [6, 6.07) is 1.61. The summed E-state index contributed by atoms with van der Waals surface area (Å²) in [6.07, 6.45) is 4.64. The zero-order valence-corrected chi connectivity index (χ0v) is 13.8. The summed E-state index contributed by atoms with van der Waals surface area (Å²) < 4.78 is 22.9. The van der Waals surface area contributed by atoms with E-state index in [1.165, 1.54) is 6.20 Å². The Hall–Kier alpha value is -1.63. The fraction of sp³-hybridized carbons (Fsp3) is 0.600. The first-order chi connectivity index (χ1) is 10.4. The van der Waals surface area contributed by atoms with Gasteiger partial charge in [-0.3, -0.25) is 9.78 Å². The molecule has 22 heavy (non-hydrogen) atoms. The van der Waals surface area contributed by atoms with E-state index < -0.39 is 9.84 Å². The molecule has 0 aromatic carbocycles. The number of sulfone groups is 1. The molecule has 1 aliphatic heterocycles. The highest BCUT2D eigenvalue weighted by Gasteiger charge is 2.27. The van der Waals surface area contributed by atoms with Gasteiger partial charge in [-0.2, -0.15) is 0 Å². The molecule has 1 atom stereocenters. The van der Waals surface area contributed by atoms with Gasteiger partial charge in [0.1, 0.15) is 0 Å². The van der Waals surface area contributed by atoms with Crippen LogP contribution in [0.5, 0.6) is 0 Å². The van der Waals surface area contributed by atoms with Crippen LogP contribution in [-0.4, -0.2) is 43.4 Å². The number of anilines is 1. The normalized spacial score (nSPS) is 20.0. The van der Waals surface area contributed by atoms with Crippen LogP contribution in [0.2, 0.25) is 0 Å². The van der Waals surface area contributed by atoms with Crippen LogP contribution in [0, 0.1) is 5.92 Å². The van der Waals surface area contributed by atoms with Gasteiger partial charge < -0.3 is 10.6 Å². The molecule has 0 aliphatic carbocycles. The van der Waals surface area contributed by atoms with E-state index in [0.29, 0.717) is 30.1 Å². The predicted molar refractivity (Wildman–Crippen MR) is 86.7 cm³/mol. The lowest BCUT2D eigenvalue weighted by Gasteiger charge is -2.13. The van der Waals surface area contributed by atoms with E-state index in [2.05, 4.69) is 29.5 Å². The van der Waals surface area contributed by atoms with Crippen molar-refractivity contribution in [3.63, 3.8) is 0 Å². The largest absolute Gasteiger partial charge is 0.380 e. The summed E-state index contributed by atoms with van der Waals surface area (Å²) in [4.78, 5) is 16.1. The lowest BCUT2D eigenvalue weighted by molar-refractivity contribution is 0.0951. The summed E-state index contributed by atoms with van der Waals surface area (Å²) in [5.41, 5.74) is 1.16. The average Bonchev–Trinajstić information content (AvgIpc) is 2.77. The molecule has 1 fully saturated rings. The second-order valence-electron chi connectivity index (χ2n) is 6.15. The fourth-order valence-electron chi connectivity index (χ4n) is 2.36. The van der Waals surface area contributed by atoms with Crippen LogP contribution in [0.25, 0.3) is 0 Å². The highest BCUT2D eigenvalue weighted by molar-refractivity contribution is 7.91. The molecule has 1 aromatic heterocycles. The van der Waals surface area contributed by atoms with Crippen molar-refractivity contribution in [1.29, 1.82) is 0 Å². The Kier molecular flexibility index (Phi) is 5.39. The van der Waals surface area contributed by atoms with Crippen LogP contribution >= 0.6 is 0 Å². The monoisotopic (exact) mass is 325 g/mol. The predicted octanol–water partition coefficient (Wildman–Crippen LogP) is 1.46. The standard InChI is InChI=1S/C15H23N3O3S/c1-11(2)3-5-17-15(19)12-7-14(9-16-8-12)18-13-4-6-22(20,21)10-13/h7-9,11,13,18H,3-6,10H2,1-2H3,(H,17,19). The minimum Gasteiger partial charge on any atom is -0.380 e. The first-order valence-corrected chi connectivity index (χ1v) is 9.38. The van der Waals surface area contributed by atoms with E-state index in [0.717, 1.165) is 6.42 Å². The van der Waals surface area contributed by atoms with Gasteiger partial charge in [0.2, 0.25) is 0 Å². The van der Waals surface area contributed by atoms with Gasteiger partial charge in [-0.05, 0) is 24.8 Å². The molecule has 1 unspecified atom stereocenters. The second-order valence-corrected chi connectivity index (χ2v) is 8.37. The Bertz CT molecular complexity index is 629. The van der Waals surface area contributed by atoms with Crippen LogP contribution in [0.4, 0.5) is 5.69 Å². The van der Waals surface area contributed by atoms with Crippen molar-refractivity contribution in [2.45, 2.75) is 32.7 Å². The maximum Gasteiger partial charge on any atom is 0.252 e. The molecule has 1 aromatic rings. The second kappa shape index (κ2) is 7.09. The van der Waals surface area contributed by atoms with E-state index in [9.17, 15) is 13.2 Å². The quantitative estimate of drug-likeness (QED) is 0.826. The topological polar surface area (TPSA) is 88.2 Å². The molecule has 7 heteroatoms. The van der Waals surface area contributed by atoms with Crippen LogP contribution in [0.1, 0.15) is 37.0 Å². The Balaban J connectivity index is 1.93. The number of aromatic nitrogens is 1. The van der Waals surface area contributed by atoms with Gasteiger partial charge in [-0.15, -0.1) is 0 Å². The zero-order chi connectivity index (χ0) is 16.2. The van der Waals surface area contributed by atoms with Gasteiger partial charge in [-0.25, -0.2) is 8.42 Å². The Labute approximate surface area is 131 Å². The van der Waals surface area contributed by atoms with Crippen molar-refractivity contribution in [1.82, 2.24) is 10.3 Å². The Morgan fingerprint density at radius 2 is 2.18 bits per heavy atom. The van der Waals surface area contributed by atoms with Crippen LogP contribution in [0.15, 0.2) is 18.5 Å². The van der Waals surface area contributed by atoms with Gasteiger partial charge in [0.15, 0.2) is 9.84 Å². The molecule has 0 saturated carbocycles. The Morgan fingerprint density at radius 1 is 1.41 bits per heavy atom. The number of amides is 1. The van der Waals surface area contributed by atoms with Crippen molar-refractivity contribution in [2.24, 2.45) is 5.92 Å². The Morgan fingerprint density at radius 3 is 2.82 bits per heavy atom. The lowest BCUT2D eigenvalue weighted by Crippen LogP contribution is -2.26. The maximum atomic E-state index is 12.0. The molecule has 122 valence electrons. The van der Waals surface area contributed by atoms with E-state index in [-0.39, 0.29) is 23.5 Å². The zero-order valence-electron chi connectivity index (χ0n) is 13.0. The smallest absolute Gasteiger partial charge is 0.252 e. The number of rotatable bonds is 6. The molecule has 1 amide bonds. The molecule has 2 N–H and O–H groups in total. The van der Waals surface area contributed by atoms with Crippen molar-refractivity contribution >= 4 is 21.4 Å². The third-order valence-electron chi connectivity index (χ3n) is 3.61. The van der Waals surface area contributed by atoms with Crippen LogP contribution in [-0.2, 0) is 9.84 Å². The minimum absolute atomic E-state index is 0.106. The first kappa shape index (κ1) is 16.7. The number of carbonyl (C=O) groups excluding carboxylic acids is 1. The maximum absolute atomic E-state index is 12.0. The van der Waals surface area contributed by atoms with E-state index in [1.54, 1.807) is 12.3 Å². The highest BCUT2D eigenvalue weighted by atomic mass is 32.2. The summed E-state index contributed by atoms with van der Waals surface area (Å²) in [5, 5.41) is 6.01. The van der Waals surface area contributed by atoms with Crippen LogP contribution in [0.3, 0.4) is 0 Å². The summed E-state index contributed by atoms with van der Waals surface area (Å²) in [6.45, 7) is 4.84. The van der Waals surface area contributed by atoms with Crippen molar-refractivity contribution < 1.29 is 13.2 Å². The molecular weight excluding hydrogens is 302 g/mol. The number of nitrogens with one attached hydrogen (secondary N) is 2. The molecule has 0 radical (unpaired) electrons. The van der Waals surface area contributed by atoms with Gasteiger partial charge in [0.05, 0.1) is 22.8 Å². The molecule has 2 heterocycles. The number of hydrogen-bond donors (Lipinski definition) is 2. The molecule has 1 aliphatic rings. The molecular formula is C15H23N3O3S. The minimum atomic E-state index is -2.92. The van der Waals surface area contributed by atoms with Crippen LogP contribution < -0.4 is 10.6 Å². The van der Waals surface area contributed by atoms with Gasteiger partial charge >= 0.3 is 0 Å². The summed E-state index contributed by atoms with van der Waals surface area (Å²) >= 11 is 0. The molecule has 6 nitrogen and oxygen atoms in total. The third-order valence-corrected chi connectivity index (χ3v) is 5.38. The number of pyridine rings is 1. The molecule has 0 spiro atoms. The average molecular weight is 325 g/mol. The molecule has 2 rings (SSSR count).